The highest BCUT2D eigenvalue weighted by molar-refractivity contribution is 7.98. The molecule has 5 heteroatoms. The van der Waals surface area contributed by atoms with Crippen LogP contribution < -0.4 is 4.90 Å². The maximum Gasteiger partial charge on any atom is 0.223 e. The molecule has 1 saturated heterocycles. The predicted octanol–water partition coefficient (Wildman–Crippen LogP) is 4.31. The fourth-order valence-corrected chi connectivity index (χ4v) is 4.18. The Morgan fingerprint density at radius 3 is 2.36 bits per heavy atom. The van der Waals surface area contributed by atoms with Crippen molar-refractivity contribution in [2.24, 2.45) is 0 Å². The Labute approximate surface area is 159 Å². The summed E-state index contributed by atoms with van der Waals surface area (Å²) in [4.78, 5) is 16.7. The summed E-state index contributed by atoms with van der Waals surface area (Å²) in [6.45, 7) is 3.43. The zero-order valence-corrected chi connectivity index (χ0v) is 15.8. The smallest absolute Gasteiger partial charge is 0.223 e. The molecule has 0 N–H and O–H groups in total. The molecule has 1 amide bonds. The highest BCUT2D eigenvalue weighted by Gasteiger charge is 2.20. The molecular formula is C20H23ClN2OS. The Morgan fingerprint density at radius 1 is 0.960 bits per heavy atom. The van der Waals surface area contributed by atoms with Gasteiger partial charge in [-0.3, -0.25) is 4.79 Å². The van der Waals surface area contributed by atoms with Crippen LogP contribution in [0.2, 0.25) is 5.02 Å². The van der Waals surface area contributed by atoms with Gasteiger partial charge in [-0.25, -0.2) is 0 Å². The SMILES string of the molecule is O=C(CCSCc1ccccc1Cl)N1CCN(c2ccccc2)CC1. The molecule has 0 atom stereocenters. The number of rotatable bonds is 6. The summed E-state index contributed by atoms with van der Waals surface area (Å²) in [6, 6.07) is 18.3. The number of hydrogen-bond donors (Lipinski definition) is 0. The van der Waals surface area contributed by atoms with Crippen LogP contribution in [-0.4, -0.2) is 42.7 Å². The van der Waals surface area contributed by atoms with E-state index in [0.29, 0.717) is 6.42 Å². The highest BCUT2D eigenvalue weighted by atomic mass is 35.5. The molecule has 0 aliphatic carbocycles. The summed E-state index contributed by atoms with van der Waals surface area (Å²) < 4.78 is 0. The number of amides is 1. The lowest BCUT2D eigenvalue weighted by Gasteiger charge is -2.36. The number of nitrogens with zero attached hydrogens (tertiary/aromatic N) is 2. The molecule has 1 aliphatic rings. The summed E-state index contributed by atoms with van der Waals surface area (Å²) in [6.07, 6.45) is 0.598. The molecule has 1 fully saturated rings. The van der Waals surface area contributed by atoms with E-state index in [1.165, 1.54) is 5.69 Å². The van der Waals surface area contributed by atoms with Gasteiger partial charge in [0.25, 0.3) is 0 Å². The summed E-state index contributed by atoms with van der Waals surface area (Å²) in [5.41, 5.74) is 2.38. The third-order valence-electron chi connectivity index (χ3n) is 4.43. The molecule has 0 saturated carbocycles. The van der Waals surface area contributed by atoms with Gasteiger partial charge in [0.05, 0.1) is 0 Å². The first-order valence-corrected chi connectivity index (χ1v) is 10.2. The molecule has 0 radical (unpaired) electrons. The molecular weight excluding hydrogens is 352 g/mol. The first-order chi connectivity index (χ1) is 12.2. The number of carbonyl (C=O) groups excluding carboxylic acids is 1. The third-order valence-corrected chi connectivity index (χ3v) is 5.81. The minimum atomic E-state index is 0.263. The van der Waals surface area contributed by atoms with Crippen LogP contribution in [0.4, 0.5) is 5.69 Å². The minimum Gasteiger partial charge on any atom is -0.368 e. The van der Waals surface area contributed by atoms with Crippen molar-refractivity contribution in [1.29, 1.82) is 0 Å². The lowest BCUT2D eigenvalue weighted by Crippen LogP contribution is -2.48. The number of piperazine rings is 1. The van der Waals surface area contributed by atoms with Crippen LogP contribution in [0.3, 0.4) is 0 Å². The molecule has 3 rings (SSSR count). The average molecular weight is 375 g/mol. The van der Waals surface area contributed by atoms with Crippen LogP contribution in [-0.2, 0) is 10.5 Å². The third kappa shape index (κ3) is 5.16. The van der Waals surface area contributed by atoms with E-state index in [-0.39, 0.29) is 5.91 Å². The van der Waals surface area contributed by atoms with Gasteiger partial charge in [0.1, 0.15) is 0 Å². The molecule has 3 nitrogen and oxygen atoms in total. The minimum absolute atomic E-state index is 0.263. The number of anilines is 1. The van der Waals surface area contributed by atoms with Crippen LogP contribution in [0, 0.1) is 0 Å². The molecule has 0 aromatic heterocycles. The Kier molecular flexibility index (Phi) is 6.65. The predicted molar refractivity (Wildman–Crippen MR) is 107 cm³/mol. The number of carbonyl (C=O) groups is 1. The lowest BCUT2D eigenvalue weighted by molar-refractivity contribution is -0.131. The maximum absolute atomic E-state index is 12.4. The maximum atomic E-state index is 12.4. The zero-order valence-electron chi connectivity index (χ0n) is 14.2. The zero-order chi connectivity index (χ0) is 17.5. The van der Waals surface area contributed by atoms with Crippen molar-refractivity contribution in [3.8, 4) is 0 Å². The molecule has 0 unspecified atom stereocenters. The van der Waals surface area contributed by atoms with Crippen molar-refractivity contribution in [3.05, 3.63) is 65.2 Å². The van der Waals surface area contributed by atoms with Crippen LogP contribution in [0.1, 0.15) is 12.0 Å². The molecule has 25 heavy (non-hydrogen) atoms. The van der Waals surface area contributed by atoms with Crippen LogP contribution in [0.5, 0.6) is 0 Å². The Morgan fingerprint density at radius 2 is 1.64 bits per heavy atom. The van der Waals surface area contributed by atoms with Crippen molar-refractivity contribution in [1.82, 2.24) is 4.90 Å². The highest BCUT2D eigenvalue weighted by Crippen LogP contribution is 2.21. The molecule has 0 spiro atoms. The standard InChI is InChI=1S/C20H23ClN2OS/c21-19-9-5-4-6-17(19)16-25-15-10-20(24)23-13-11-22(12-14-23)18-7-2-1-3-8-18/h1-9H,10-16H2. The van der Waals surface area contributed by atoms with Crippen molar-refractivity contribution in [2.75, 3.05) is 36.8 Å². The van der Waals surface area contributed by atoms with Crippen LogP contribution in [0.25, 0.3) is 0 Å². The van der Waals surface area contributed by atoms with E-state index in [1.807, 2.05) is 35.2 Å². The van der Waals surface area contributed by atoms with Gasteiger partial charge < -0.3 is 9.80 Å². The summed E-state index contributed by atoms with van der Waals surface area (Å²) in [5.74, 6) is 1.96. The van der Waals surface area contributed by atoms with E-state index in [4.69, 9.17) is 11.6 Å². The number of hydrogen-bond acceptors (Lipinski definition) is 3. The number of thioether (sulfide) groups is 1. The molecule has 2 aromatic rings. The monoisotopic (exact) mass is 374 g/mol. The van der Waals surface area contributed by atoms with Crippen LogP contribution >= 0.6 is 23.4 Å². The van der Waals surface area contributed by atoms with Gasteiger partial charge in [-0.1, -0.05) is 48.0 Å². The summed E-state index contributed by atoms with van der Waals surface area (Å²) in [7, 11) is 0. The fraction of sp³-hybridized carbons (Fsp3) is 0.350. The topological polar surface area (TPSA) is 23.6 Å². The van der Waals surface area contributed by atoms with Gasteiger partial charge in [0, 0.05) is 54.8 Å². The molecule has 0 bridgehead atoms. The molecule has 1 heterocycles. The first-order valence-electron chi connectivity index (χ1n) is 8.63. The van der Waals surface area contributed by atoms with E-state index < -0.39 is 0 Å². The van der Waals surface area contributed by atoms with Crippen molar-refractivity contribution in [3.63, 3.8) is 0 Å². The quantitative estimate of drug-likeness (QED) is 0.704. The van der Waals surface area contributed by atoms with E-state index >= 15 is 0 Å². The fourth-order valence-electron chi connectivity index (χ4n) is 2.97. The normalized spacial score (nSPS) is 14.6. The number of benzene rings is 2. The van der Waals surface area contributed by atoms with Crippen molar-refractivity contribution >= 4 is 35.0 Å². The van der Waals surface area contributed by atoms with Crippen molar-refractivity contribution in [2.45, 2.75) is 12.2 Å². The second-order valence-corrected chi connectivity index (χ2v) is 7.61. The summed E-state index contributed by atoms with van der Waals surface area (Å²) in [5, 5.41) is 0.804. The van der Waals surface area contributed by atoms with Crippen molar-refractivity contribution < 1.29 is 4.79 Å². The average Bonchev–Trinajstić information content (AvgIpc) is 2.67. The second-order valence-electron chi connectivity index (χ2n) is 6.10. The lowest BCUT2D eigenvalue weighted by atomic mass is 10.2. The van der Waals surface area contributed by atoms with Crippen LogP contribution in [0.15, 0.2) is 54.6 Å². The molecule has 2 aromatic carbocycles. The Balaban J connectivity index is 1.37. The van der Waals surface area contributed by atoms with E-state index in [0.717, 1.165) is 48.3 Å². The number of halogens is 1. The second kappa shape index (κ2) is 9.16. The summed E-state index contributed by atoms with van der Waals surface area (Å²) >= 11 is 7.93. The van der Waals surface area contributed by atoms with Gasteiger partial charge >= 0.3 is 0 Å². The number of para-hydroxylation sites is 1. The largest absolute Gasteiger partial charge is 0.368 e. The van der Waals surface area contributed by atoms with E-state index in [9.17, 15) is 4.79 Å². The van der Waals surface area contributed by atoms with E-state index in [1.54, 1.807) is 11.8 Å². The van der Waals surface area contributed by atoms with Gasteiger partial charge in [-0.15, -0.1) is 0 Å². The molecule has 1 aliphatic heterocycles. The van der Waals surface area contributed by atoms with Gasteiger partial charge in [0.2, 0.25) is 5.91 Å². The molecule has 132 valence electrons. The van der Waals surface area contributed by atoms with Gasteiger partial charge in [-0.05, 0) is 23.8 Å². The van der Waals surface area contributed by atoms with Gasteiger partial charge in [-0.2, -0.15) is 11.8 Å². The van der Waals surface area contributed by atoms with E-state index in [2.05, 4.69) is 29.2 Å². The first kappa shape index (κ1) is 18.2. The Bertz CT molecular complexity index is 687. The Hall–Kier alpha value is -1.65. The van der Waals surface area contributed by atoms with Gasteiger partial charge in [0.15, 0.2) is 0 Å².